The van der Waals surface area contributed by atoms with Crippen molar-refractivity contribution in [3.63, 3.8) is 0 Å². The highest BCUT2D eigenvalue weighted by atomic mass is 16.5. The van der Waals surface area contributed by atoms with E-state index in [2.05, 4.69) is 15.8 Å². The van der Waals surface area contributed by atoms with Crippen LogP contribution in [0.5, 0.6) is 5.75 Å². The molecule has 7 heteroatoms. The summed E-state index contributed by atoms with van der Waals surface area (Å²) >= 11 is 0. The van der Waals surface area contributed by atoms with Crippen molar-refractivity contribution in [3.8, 4) is 5.75 Å². The number of rotatable bonds is 4. The molecule has 0 bridgehead atoms. The second kappa shape index (κ2) is 7.07. The van der Waals surface area contributed by atoms with Gasteiger partial charge < -0.3 is 9.72 Å². The molecule has 1 aromatic carbocycles. The van der Waals surface area contributed by atoms with Crippen molar-refractivity contribution in [2.75, 3.05) is 6.61 Å². The number of pyridine rings is 1. The summed E-state index contributed by atoms with van der Waals surface area (Å²) in [4.78, 5) is 37.1. The molecular weight excluding hydrogens is 286 g/mol. The van der Waals surface area contributed by atoms with E-state index in [0.29, 0.717) is 5.75 Å². The summed E-state index contributed by atoms with van der Waals surface area (Å²) in [6.07, 6.45) is 1.41. The van der Waals surface area contributed by atoms with Gasteiger partial charge in [-0.3, -0.25) is 25.2 Å². The standard InChI is InChI=1S/C15H15N3O4/c1-10-5-2-3-7-12(10)22-9-13(19)17-18-15(21)11-6-4-8-16-14(11)20/h2-8H,9H2,1H3,(H,16,20)(H,17,19)(H,18,21). The maximum atomic E-state index is 11.7. The first-order valence-electron chi connectivity index (χ1n) is 6.53. The monoisotopic (exact) mass is 301 g/mol. The zero-order chi connectivity index (χ0) is 15.9. The van der Waals surface area contributed by atoms with Crippen LogP contribution in [-0.4, -0.2) is 23.4 Å². The van der Waals surface area contributed by atoms with Gasteiger partial charge in [0.2, 0.25) is 0 Å². The molecule has 22 heavy (non-hydrogen) atoms. The predicted molar refractivity (Wildman–Crippen MR) is 79.3 cm³/mol. The molecule has 1 aromatic heterocycles. The fraction of sp³-hybridized carbons (Fsp3) is 0.133. The van der Waals surface area contributed by atoms with E-state index in [-0.39, 0.29) is 12.2 Å². The van der Waals surface area contributed by atoms with Crippen LogP contribution in [0.25, 0.3) is 0 Å². The minimum atomic E-state index is -0.703. The Morgan fingerprint density at radius 2 is 1.91 bits per heavy atom. The zero-order valence-electron chi connectivity index (χ0n) is 11.9. The number of aryl methyl sites for hydroxylation is 1. The average molecular weight is 301 g/mol. The Morgan fingerprint density at radius 3 is 2.64 bits per heavy atom. The molecule has 2 aromatic rings. The Hall–Kier alpha value is -3.09. The lowest BCUT2D eigenvalue weighted by Crippen LogP contribution is -2.45. The van der Waals surface area contributed by atoms with Crippen molar-refractivity contribution in [1.29, 1.82) is 0 Å². The Labute approximate surface area is 126 Å². The molecule has 0 spiro atoms. The van der Waals surface area contributed by atoms with E-state index in [1.807, 2.05) is 19.1 Å². The van der Waals surface area contributed by atoms with E-state index in [0.717, 1.165) is 5.56 Å². The number of hydrogen-bond donors (Lipinski definition) is 3. The Balaban J connectivity index is 1.83. The van der Waals surface area contributed by atoms with E-state index in [9.17, 15) is 14.4 Å². The second-order valence-electron chi connectivity index (χ2n) is 4.47. The van der Waals surface area contributed by atoms with Crippen LogP contribution in [0.15, 0.2) is 47.4 Å². The second-order valence-corrected chi connectivity index (χ2v) is 4.47. The van der Waals surface area contributed by atoms with Crippen molar-refractivity contribution in [2.24, 2.45) is 0 Å². The topological polar surface area (TPSA) is 100 Å². The minimum absolute atomic E-state index is 0.0948. The predicted octanol–water partition coefficient (Wildman–Crippen LogP) is 0.523. The number of hydrogen-bond acceptors (Lipinski definition) is 4. The zero-order valence-corrected chi connectivity index (χ0v) is 11.9. The van der Waals surface area contributed by atoms with Crippen LogP contribution in [0, 0.1) is 6.92 Å². The average Bonchev–Trinajstić information content (AvgIpc) is 2.52. The van der Waals surface area contributed by atoms with Gasteiger partial charge in [0, 0.05) is 6.20 Å². The summed E-state index contributed by atoms with van der Waals surface area (Å²) in [7, 11) is 0. The highest BCUT2D eigenvalue weighted by Gasteiger charge is 2.11. The number of carbonyl (C=O) groups excluding carboxylic acids is 2. The number of carbonyl (C=O) groups is 2. The van der Waals surface area contributed by atoms with Crippen molar-refractivity contribution in [2.45, 2.75) is 6.92 Å². The molecule has 114 valence electrons. The summed E-state index contributed by atoms with van der Waals surface area (Å²) in [5, 5.41) is 0. The van der Waals surface area contributed by atoms with Crippen LogP contribution in [0.1, 0.15) is 15.9 Å². The molecule has 0 saturated carbocycles. The summed E-state index contributed by atoms with van der Waals surface area (Å²) < 4.78 is 5.33. The van der Waals surface area contributed by atoms with Crippen molar-refractivity contribution in [3.05, 3.63) is 64.1 Å². The first kappa shape index (κ1) is 15.3. The largest absolute Gasteiger partial charge is 0.483 e. The van der Waals surface area contributed by atoms with Gasteiger partial charge in [0.15, 0.2) is 6.61 Å². The molecular formula is C15H15N3O4. The van der Waals surface area contributed by atoms with E-state index >= 15 is 0 Å². The molecule has 2 amide bonds. The number of aromatic nitrogens is 1. The quantitative estimate of drug-likeness (QED) is 0.717. The van der Waals surface area contributed by atoms with Gasteiger partial charge in [-0.1, -0.05) is 18.2 Å². The molecule has 7 nitrogen and oxygen atoms in total. The van der Waals surface area contributed by atoms with Crippen molar-refractivity contribution >= 4 is 11.8 Å². The molecule has 0 radical (unpaired) electrons. The van der Waals surface area contributed by atoms with Gasteiger partial charge in [-0.2, -0.15) is 0 Å². The summed E-state index contributed by atoms with van der Waals surface area (Å²) in [6.45, 7) is 1.60. The molecule has 2 rings (SSSR count). The van der Waals surface area contributed by atoms with Crippen LogP contribution < -0.4 is 21.1 Å². The molecule has 0 aliphatic heterocycles. The van der Waals surface area contributed by atoms with Crippen molar-refractivity contribution in [1.82, 2.24) is 15.8 Å². The Morgan fingerprint density at radius 1 is 1.14 bits per heavy atom. The molecule has 0 atom stereocenters. The summed E-state index contributed by atoms with van der Waals surface area (Å²) in [5.74, 6) is -0.654. The lowest BCUT2D eigenvalue weighted by Gasteiger charge is -2.10. The van der Waals surface area contributed by atoms with Gasteiger partial charge in [-0.15, -0.1) is 0 Å². The molecule has 0 saturated heterocycles. The Bertz CT molecular complexity index is 739. The van der Waals surface area contributed by atoms with E-state index in [4.69, 9.17) is 4.74 Å². The van der Waals surface area contributed by atoms with Gasteiger partial charge in [0.1, 0.15) is 11.3 Å². The molecule has 0 fully saturated rings. The van der Waals surface area contributed by atoms with Crippen LogP contribution in [0.4, 0.5) is 0 Å². The number of benzene rings is 1. The highest BCUT2D eigenvalue weighted by molar-refractivity contribution is 5.95. The molecule has 0 unspecified atom stereocenters. The normalized spacial score (nSPS) is 9.86. The third kappa shape index (κ3) is 3.95. The number of aromatic amines is 1. The number of para-hydroxylation sites is 1. The molecule has 0 aliphatic carbocycles. The number of H-pyrrole nitrogens is 1. The van der Waals surface area contributed by atoms with E-state index < -0.39 is 17.4 Å². The van der Waals surface area contributed by atoms with Crippen LogP contribution in [0.3, 0.4) is 0 Å². The first-order chi connectivity index (χ1) is 10.6. The third-order valence-electron chi connectivity index (χ3n) is 2.83. The summed E-state index contributed by atoms with van der Waals surface area (Å²) in [6, 6.07) is 10.1. The lowest BCUT2D eigenvalue weighted by molar-refractivity contribution is -0.123. The van der Waals surface area contributed by atoms with Gasteiger partial charge >= 0.3 is 0 Å². The number of hydrazine groups is 1. The number of ether oxygens (including phenoxy) is 1. The fourth-order valence-electron chi connectivity index (χ4n) is 1.69. The van der Waals surface area contributed by atoms with Gasteiger partial charge in [-0.25, -0.2) is 0 Å². The lowest BCUT2D eigenvalue weighted by atomic mass is 10.2. The van der Waals surface area contributed by atoms with Gasteiger partial charge in [0.05, 0.1) is 0 Å². The Kier molecular flexibility index (Phi) is 4.92. The number of amides is 2. The van der Waals surface area contributed by atoms with Gasteiger partial charge in [0.25, 0.3) is 17.4 Å². The van der Waals surface area contributed by atoms with Gasteiger partial charge in [-0.05, 0) is 30.7 Å². The van der Waals surface area contributed by atoms with E-state index in [1.165, 1.54) is 18.3 Å². The maximum absolute atomic E-state index is 11.7. The molecule has 0 aliphatic rings. The first-order valence-corrected chi connectivity index (χ1v) is 6.53. The highest BCUT2D eigenvalue weighted by Crippen LogP contribution is 2.15. The molecule has 1 heterocycles. The smallest absolute Gasteiger partial charge is 0.276 e. The SMILES string of the molecule is Cc1ccccc1OCC(=O)NNC(=O)c1ccc[nH]c1=O. The van der Waals surface area contributed by atoms with Crippen LogP contribution >= 0.6 is 0 Å². The van der Waals surface area contributed by atoms with Crippen LogP contribution in [0.2, 0.25) is 0 Å². The van der Waals surface area contributed by atoms with Crippen LogP contribution in [-0.2, 0) is 4.79 Å². The number of nitrogens with one attached hydrogen (secondary N) is 3. The molecule has 3 N–H and O–H groups in total. The van der Waals surface area contributed by atoms with Crippen molar-refractivity contribution < 1.29 is 14.3 Å². The van der Waals surface area contributed by atoms with E-state index in [1.54, 1.807) is 12.1 Å². The minimum Gasteiger partial charge on any atom is -0.483 e. The maximum Gasteiger partial charge on any atom is 0.276 e. The third-order valence-corrected chi connectivity index (χ3v) is 2.83. The summed E-state index contributed by atoms with van der Waals surface area (Å²) in [5.41, 5.74) is 4.60. The fourth-order valence-corrected chi connectivity index (χ4v) is 1.69.